The van der Waals surface area contributed by atoms with Crippen molar-refractivity contribution in [3.63, 3.8) is 0 Å². The van der Waals surface area contributed by atoms with E-state index in [0.717, 1.165) is 112 Å². The average molecular weight is 722 g/mol. The Morgan fingerprint density at radius 1 is 0.741 bits per heavy atom. The quantitative estimate of drug-likeness (QED) is 0.139. The summed E-state index contributed by atoms with van der Waals surface area (Å²) < 4.78 is 0. The Kier molecular flexibility index (Phi) is 9.93. The summed E-state index contributed by atoms with van der Waals surface area (Å²) in [5.41, 5.74) is 10.3. The fourth-order valence-corrected chi connectivity index (χ4v) is 7.96. The van der Waals surface area contributed by atoms with Gasteiger partial charge in [0.1, 0.15) is 11.0 Å². The van der Waals surface area contributed by atoms with Gasteiger partial charge in [-0.05, 0) is 103 Å². The number of nitrogens with zero attached hydrogens (tertiary/aromatic N) is 7. The van der Waals surface area contributed by atoms with Crippen molar-refractivity contribution in [2.75, 3.05) is 50.9 Å². The smallest absolute Gasteiger partial charge is 0.226 e. The molecule has 0 aliphatic carbocycles. The van der Waals surface area contributed by atoms with Crippen LogP contribution < -0.4 is 10.6 Å². The first-order valence-electron chi connectivity index (χ1n) is 18.7. The van der Waals surface area contributed by atoms with Crippen molar-refractivity contribution >= 4 is 50.7 Å². The zero-order chi connectivity index (χ0) is 37.3. The summed E-state index contributed by atoms with van der Waals surface area (Å²) in [4.78, 5) is 37.9. The second kappa shape index (κ2) is 15.1. The minimum absolute atomic E-state index is 0.0601. The van der Waals surface area contributed by atoms with E-state index in [9.17, 15) is 9.90 Å². The SMILES string of the molecule is Cc1c(Nc2nccc3cc(CN4CCC(O)C4)cnc23)cccc1-c1cccc(Nc2nccc3cc(CN4CCC(C(=O)N(C)C)C4)cnc23)c1C. The minimum atomic E-state index is -0.240. The lowest BCUT2D eigenvalue weighted by Gasteiger charge is -2.19. The molecule has 0 spiro atoms. The second-order valence-corrected chi connectivity index (χ2v) is 15.0. The molecule has 8 rings (SSSR count). The number of carbonyl (C=O) groups excluding carboxylic acids is 1. The zero-order valence-electron chi connectivity index (χ0n) is 31.4. The number of hydrogen-bond acceptors (Lipinski definition) is 10. The van der Waals surface area contributed by atoms with Crippen LogP contribution in [-0.2, 0) is 17.9 Å². The Hall–Kier alpha value is -5.49. The van der Waals surface area contributed by atoms with Crippen LogP contribution >= 0.6 is 0 Å². The van der Waals surface area contributed by atoms with Crippen LogP contribution in [0.25, 0.3) is 32.9 Å². The van der Waals surface area contributed by atoms with Gasteiger partial charge in [0.25, 0.3) is 0 Å². The standard InChI is InChI=1S/C43H47N9O2/c1-27-35(36-8-6-10-38(28(36)2)49-42-40-32(12-16-45-42)20-30(22-47-40)24-52-18-14-34(53)26-52)7-5-9-37(27)48-41-39-31(11-15-44-41)19-29(21-46-39)23-51-17-13-33(25-51)43(54)50(3)4/h5-12,15-16,19-22,33-34,53H,13-14,17-18,23-26H2,1-4H3,(H,44,48)(H,45,49). The van der Waals surface area contributed by atoms with Gasteiger partial charge in [-0.2, -0.15) is 0 Å². The van der Waals surface area contributed by atoms with Gasteiger partial charge in [-0.1, -0.05) is 24.3 Å². The first-order chi connectivity index (χ1) is 26.2. The van der Waals surface area contributed by atoms with Gasteiger partial charge in [0, 0.05) is 93.8 Å². The van der Waals surface area contributed by atoms with Crippen LogP contribution in [0.4, 0.5) is 23.0 Å². The number of β-amino-alcohol motifs (C(OH)–C–C–N with tert-alkyl or cyclic N) is 1. The molecule has 6 aromatic rings. The fraction of sp³-hybridized carbons (Fsp3) is 0.326. The number of aromatic nitrogens is 4. The van der Waals surface area contributed by atoms with Crippen LogP contribution in [0, 0.1) is 19.8 Å². The third kappa shape index (κ3) is 7.35. The lowest BCUT2D eigenvalue weighted by molar-refractivity contribution is -0.132. The molecule has 2 atom stereocenters. The topological polar surface area (TPSA) is 123 Å². The van der Waals surface area contributed by atoms with E-state index in [4.69, 9.17) is 15.0 Å². The fourth-order valence-electron chi connectivity index (χ4n) is 7.96. The molecule has 2 aromatic carbocycles. The molecule has 276 valence electrons. The summed E-state index contributed by atoms with van der Waals surface area (Å²) in [6, 6.07) is 21.0. The number of hydrogen-bond donors (Lipinski definition) is 3. The van der Waals surface area contributed by atoms with E-state index >= 15 is 0 Å². The van der Waals surface area contributed by atoms with Crippen LogP contribution in [0.2, 0.25) is 0 Å². The van der Waals surface area contributed by atoms with E-state index in [0.29, 0.717) is 18.2 Å². The van der Waals surface area contributed by atoms with Gasteiger partial charge in [0.05, 0.1) is 12.0 Å². The maximum atomic E-state index is 12.5. The van der Waals surface area contributed by atoms with Crippen LogP contribution in [0.15, 0.2) is 85.5 Å². The lowest BCUT2D eigenvalue weighted by atomic mass is 9.94. The van der Waals surface area contributed by atoms with Gasteiger partial charge in [0.2, 0.25) is 5.91 Å². The van der Waals surface area contributed by atoms with Crippen molar-refractivity contribution < 1.29 is 9.90 Å². The molecule has 1 amide bonds. The Bertz CT molecular complexity index is 2340. The number of likely N-dealkylation sites (tertiary alicyclic amines) is 2. The van der Waals surface area contributed by atoms with Crippen molar-refractivity contribution in [1.29, 1.82) is 0 Å². The highest BCUT2D eigenvalue weighted by molar-refractivity contribution is 5.93. The first-order valence-corrected chi connectivity index (χ1v) is 18.7. The second-order valence-electron chi connectivity index (χ2n) is 15.0. The molecule has 6 heterocycles. The third-order valence-electron chi connectivity index (χ3n) is 10.9. The Morgan fingerprint density at radius 3 is 1.76 bits per heavy atom. The van der Waals surface area contributed by atoms with Gasteiger partial charge in [-0.15, -0.1) is 0 Å². The van der Waals surface area contributed by atoms with Crippen LogP contribution in [-0.4, -0.2) is 92.0 Å². The number of pyridine rings is 4. The summed E-state index contributed by atoms with van der Waals surface area (Å²) >= 11 is 0. The highest BCUT2D eigenvalue weighted by Gasteiger charge is 2.29. The van der Waals surface area contributed by atoms with Crippen molar-refractivity contribution in [1.82, 2.24) is 34.6 Å². The number of rotatable bonds is 10. The molecular weight excluding hydrogens is 675 g/mol. The zero-order valence-corrected chi connectivity index (χ0v) is 31.4. The minimum Gasteiger partial charge on any atom is -0.392 e. The number of amides is 1. The van der Waals surface area contributed by atoms with Crippen LogP contribution in [0.1, 0.15) is 35.1 Å². The highest BCUT2D eigenvalue weighted by atomic mass is 16.3. The Morgan fingerprint density at radius 2 is 1.26 bits per heavy atom. The van der Waals surface area contributed by atoms with Crippen LogP contribution in [0.3, 0.4) is 0 Å². The number of carbonyl (C=O) groups is 1. The maximum absolute atomic E-state index is 12.5. The molecule has 4 aromatic heterocycles. The highest BCUT2D eigenvalue weighted by Crippen LogP contribution is 2.36. The predicted molar refractivity (Wildman–Crippen MR) is 215 cm³/mol. The number of anilines is 4. The number of fused-ring (bicyclic) bond motifs is 2. The molecule has 11 nitrogen and oxygen atoms in total. The van der Waals surface area contributed by atoms with Crippen molar-refractivity contribution in [3.8, 4) is 11.1 Å². The molecule has 2 saturated heterocycles. The molecule has 2 aliphatic heterocycles. The summed E-state index contributed by atoms with van der Waals surface area (Å²) in [5.74, 6) is 1.69. The first kappa shape index (κ1) is 35.5. The number of benzene rings is 2. The third-order valence-corrected chi connectivity index (χ3v) is 10.9. The monoisotopic (exact) mass is 721 g/mol. The van der Waals surface area contributed by atoms with Crippen molar-refractivity contribution in [2.24, 2.45) is 5.92 Å². The van der Waals surface area contributed by atoms with Gasteiger partial charge >= 0.3 is 0 Å². The van der Waals surface area contributed by atoms with Gasteiger partial charge in [0.15, 0.2) is 11.6 Å². The van der Waals surface area contributed by atoms with E-state index in [1.807, 2.05) is 51.0 Å². The Balaban J connectivity index is 1.00. The molecule has 54 heavy (non-hydrogen) atoms. The molecule has 2 fully saturated rings. The molecule has 3 N–H and O–H groups in total. The van der Waals surface area contributed by atoms with E-state index in [1.165, 1.54) is 0 Å². The predicted octanol–water partition coefficient (Wildman–Crippen LogP) is 6.82. The molecule has 2 unspecified atom stereocenters. The summed E-state index contributed by atoms with van der Waals surface area (Å²) in [6.45, 7) is 9.09. The van der Waals surface area contributed by atoms with Crippen molar-refractivity contribution in [3.05, 3.63) is 108 Å². The van der Waals surface area contributed by atoms with E-state index in [1.54, 1.807) is 4.90 Å². The molecule has 0 radical (unpaired) electrons. The van der Waals surface area contributed by atoms with Crippen molar-refractivity contribution in [2.45, 2.75) is 45.9 Å². The summed E-state index contributed by atoms with van der Waals surface area (Å²) in [5, 5.41) is 19.2. The van der Waals surface area contributed by atoms with Gasteiger partial charge in [-0.3, -0.25) is 24.6 Å². The van der Waals surface area contributed by atoms with Crippen LogP contribution in [0.5, 0.6) is 0 Å². The maximum Gasteiger partial charge on any atom is 0.226 e. The number of aliphatic hydroxyl groups excluding tert-OH is 1. The van der Waals surface area contributed by atoms with E-state index in [-0.39, 0.29) is 17.9 Å². The average Bonchev–Trinajstić information content (AvgIpc) is 3.81. The molecule has 11 heteroatoms. The lowest BCUT2D eigenvalue weighted by Crippen LogP contribution is -2.31. The van der Waals surface area contributed by atoms with E-state index < -0.39 is 0 Å². The van der Waals surface area contributed by atoms with E-state index in [2.05, 4.69) is 87.8 Å². The van der Waals surface area contributed by atoms with Gasteiger partial charge in [-0.25, -0.2) is 9.97 Å². The molecule has 2 aliphatic rings. The largest absolute Gasteiger partial charge is 0.392 e. The number of nitrogens with one attached hydrogen (secondary N) is 2. The van der Waals surface area contributed by atoms with Gasteiger partial charge < -0.3 is 20.6 Å². The molecular formula is C43H47N9O2. The normalized spacial score (nSPS) is 17.7. The number of aliphatic hydroxyl groups is 1. The summed E-state index contributed by atoms with van der Waals surface area (Å²) in [7, 11) is 3.66. The molecule has 0 bridgehead atoms. The Labute approximate surface area is 316 Å². The molecule has 0 saturated carbocycles. The summed E-state index contributed by atoms with van der Waals surface area (Å²) in [6.07, 6.45) is 8.97.